The van der Waals surface area contributed by atoms with E-state index in [9.17, 15) is 0 Å². The number of tetrazole rings is 1. The average molecular weight is 557 g/mol. The van der Waals surface area contributed by atoms with E-state index in [0.29, 0.717) is 27.7 Å². The number of nitrogens with zero attached hydrogens (tertiary/aromatic N) is 9. The Hall–Kier alpha value is -3.02. The quantitative estimate of drug-likeness (QED) is 0.345. The van der Waals surface area contributed by atoms with Crippen LogP contribution in [0.3, 0.4) is 0 Å². The fourth-order valence-electron chi connectivity index (χ4n) is 5.89. The molecule has 2 atom stereocenters. The molecule has 0 radical (unpaired) electrons. The van der Waals surface area contributed by atoms with Gasteiger partial charge in [0.15, 0.2) is 5.82 Å². The zero-order valence-electron chi connectivity index (χ0n) is 21.3. The Morgan fingerprint density at radius 3 is 2.76 bits per heavy atom. The van der Waals surface area contributed by atoms with Crippen LogP contribution < -0.4 is 10.2 Å². The Morgan fingerprint density at radius 2 is 1.97 bits per heavy atom. The maximum Gasteiger partial charge on any atom is 0.256 e. The molecule has 2 saturated heterocycles. The molecule has 3 aromatic heterocycles. The number of hydrogen-bond donors (Lipinski definition) is 2. The van der Waals surface area contributed by atoms with Gasteiger partial charge in [0.05, 0.1) is 12.6 Å². The van der Waals surface area contributed by atoms with Gasteiger partial charge in [0, 0.05) is 35.7 Å². The predicted octanol–water partition coefficient (Wildman–Crippen LogP) is 4.25. The van der Waals surface area contributed by atoms with Crippen LogP contribution in [0.1, 0.15) is 50.0 Å². The predicted molar refractivity (Wildman–Crippen MR) is 146 cm³/mol. The first-order chi connectivity index (χ1) is 18.5. The van der Waals surface area contributed by atoms with Crippen molar-refractivity contribution in [3.8, 4) is 0 Å². The number of rotatable bonds is 7. The monoisotopic (exact) mass is 555 g/mol. The van der Waals surface area contributed by atoms with E-state index in [1.54, 1.807) is 10.6 Å². The normalized spacial score (nSPS) is 20.2. The molecule has 2 aliphatic rings. The molecule has 2 aliphatic heterocycles. The summed E-state index contributed by atoms with van der Waals surface area (Å²) >= 11 is 12.6. The van der Waals surface area contributed by atoms with Gasteiger partial charge in [-0.15, -0.1) is 10.2 Å². The SMILES string of the molecule is C[C@@H](Nc1cc(N2CCC([C@H]3CCCN(Cc4nn[nH]n4)C3)CC2)nc2ncnn12)c1ccc(Cl)cc1Cl. The number of halogens is 2. The van der Waals surface area contributed by atoms with Crippen LogP contribution in [0, 0.1) is 11.8 Å². The molecule has 200 valence electrons. The van der Waals surface area contributed by atoms with E-state index >= 15 is 0 Å². The van der Waals surface area contributed by atoms with Crippen molar-refractivity contribution in [3.05, 3.63) is 52.0 Å². The smallest absolute Gasteiger partial charge is 0.256 e. The highest BCUT2D eigenvalue weighted by atomic mass is 35.5. The first-order valence-electron chi connectivity index (χ1n) is 13.2. The highest BCUT2D eigenvalue weighted by Crippen LogP contribution is 2.34. The molecule has 38 heavy (non-hydrogen) atoms. The number of aromatic amines is 1. The lowest BCUT2D eigenvalue weighted by molar-refractivity contribution is 0.114. The van der Waals surface area contributed by atoms with E-state index in [4.69, 9.17) is 28.2 Å². The molecular formula is C25H31Cl2N11. The number of nitrogens with one attached hydrogen (secondary N) is 2. The molecule has 2 N–H and O–H groups in total. The second-order valence-electron chi connectivity index (χ2n) is 10.3. The van der Waals surface area contributed by atoms with Crippen molar-refractivity contribution in [3.63, 3.8) is 0 Å². The van der Waals surface area contributed by atoms with Gasteiger partial charge in [0.2, 0.25) is 0 Å². The molecule has 11 nitrogen and oxygen atoms in total. The van der Waals surface area contributed by atoms with Gasteiger partial charge in [-0.2, -0.15) is 24.8 Å². The summed E-state index contributed by atoms with van der Waals surface area (Å²) in [6, 6.07) is 7.57. The number of aromatic nitrogens is 8. The van der Waals surface area contributed by atoms with Gasteiger partial charge in [-0.05, 0) is 68.7 Å². The molecule has 0 bridgehead atoms. The maximum absolute atomic E-state index is 6.47. The van der Waals surface area contributed by atoms with Crippen LogP contribution >= 0.6 is 23.2 Å². The third-order valence-electron chi connectivity index (χ3n) is 7.86. The topological polar surface area (TPSA) is 116 Å². The molecule has 2 fully saturated rings. The van der Waals surface area contributed by atoms with Crippen LogP contribution in [-0.4, -0.2) is 71.3 Å². The maximum atomic E-state index is 6.47. The van der Waals surface area contributed by atoms with Gasteiger partial charge in [-0.1, -0.05) is 34.5 Å². The van der Waals surface area contributed by atoms with Crippen molar-refractivity contribution in [2.45, 2.75) is 45.2 Å². The molecule has 0 unspecified atom stereocenters. The lowest BCUT2D eigenvalue weighted by Gasteiger charge is -2.41. The van der Waals surface area contributed by atoms with Crippen molar-refractivity contribution in [2.75, 3.05) is 36.4 Å². The van der Waals surface area contributed by atoms with E-state index < -0.39 is 0 Å². The minimum absolute atomic E-state index is 0.0603. The zero-order valence-corrected chi connectivity index (χ0v) is 22.8. The Kier molecular flexibility index (Phi) is 7.31. The molecule has 0 spiro atoms. The number of anilines is 2. The fourth-order valence-corrected chi connectivity index (χ4v) is 6.46. The van der Waals surface area contributed by atoms with Crippen molar-refractivity contribution < 1.29 is 0 Å². The summed E-state index contributed by atoms with van der Waals surface area (Å²) < 4.78 is 1.73. The minimum atomic E-state index is -0.0603. The Morgan fingerprint density at radius 1 is 1.11 bits per heavy atom. The highest BCUT2D eigenvalue weighted by molar-refractivity contribution is 6.35. The second-order valence-corrected chi connectivity index (χ2v) is 11.1. The number of piperidine rings is 2. The van der Waals surface area contributed by atoms with Crippen LogP contribution in [-0.2, 0) is 6.54 Å². The number of benzene rings is 1. The lowest BCUT2D eigenvalue weighted by atomic mass is 9.79. The first-order valence-corrected chi connectivity index (χ1v) is 13.9. The number of hydrogen-bond acceptors (Lipinski definition) is 9. The molecular weight excluding hydrogens is 525 g/mol. The number of likely N-dealkylation sites (tertiary alicyclic amines) is 1. The first kappa shape index (κ1) is 25.3. The Balaban J connectivity index is 1.13. The van der Waals surface area contributed by atoms with Gasteiger partial charge < -0.3 is 10.2 Å². The summed E-state index contributed by atoms with van der Waals surface area (Å²) in [4.78, 5) is 14.0. The van der Waals surface area contributed by atoms with Crippen LogP contribution in [0.5, 0.6) is 0 Å². The number of fused-ring (bicyclic) bond motifs is 1. The third-order valence-corrected chi connectivity index (χ3v) is 8.42. The lowest BCUT2D eigenvalue weighted by Crippen LogP contribution is -2.42. The second kappa shape index (κ2) is 11.0. The standard InChI is InChI=1S/C25H31Cl2N11/c1-16(20-5-4-19(26)11-21(20)27)30-24-12-23(31-25-28-15-29-38(24)25)37-9-6-17(7-10-37)18-3-2-8-36(13-18)14-22-32-34-35-33-22/h4-5,11-12,15-18,30H,2-3,6-10,13-14H2,1H3,(H,32,33,34,35)/t16-,18+/m1/s1. The van der Waals surface area contributed by atoms with E-state index in [2.05, 4.69) is 58.8 Å². The fraction of sp³-hybridized carbons (Fsp3) is 0.520. The van der Waals surface area contributed by atoms with Gasteiger partial charge in [-0.3, -0.25) is 4.90 Å². The summed E-state index contributed by atoms with van der Waals surface area (Å²) in [5.41, 5.74) is 0.962. The van der Waals surface area contributed by atoms with Crippen molar-refractivity contribution >= 4 is 40.6 Å². The minimum Gasteiger partial charge on any atom is -0.363 e. The van der Waals surface area contributed by atoms with Crippen LogP contribution in [0.15, 0.2) is 30.6 Å². The third kappa shape index (κ3) is 5.41. The molecule has 13 heteroatoms. The zero-order chi connectivity index (χ0) is 26.1. The van der Waals surface area contributed by atoms with Crippen LogP contribution in [0.25, 0.3) is 5.78 Å². The van der Waals surface area contributed by atoms with E-state index in [1.807, 2.05) is 12.1 Å². The van der Waals surface area contributed by atoms with E-state index in [-0.39, 0.29) is 6.04 Å². The van der Waals surface area contributed by atoms with Gasteiger partial charge >= 0.3 is 0 Å². The summed E-state index contributed by atoms with van der Waals surface area (Å²) in [5, 5.41) is 23.7. The molecule has 1 aromatic carbocycles. The van der Waals surface area contributed by atoms with E-state index in [1.165, 1.54) is 19.2 Å². The van der Waals surface area contributed by atoms with Crippen LogP contribution in [0.2, 0.25) is 10.0 Å². The van der Waals surface area contributed by atoms with Crippen molar-refractivity contribution in [1.82, 2.24) is 45.1 Å². The molecule has 0 amide bonds. The largest absolute Gasteiger partial charge is 0.363 e. The van der Waals surface area contributed by atoms with Crippen LogP contribution in [0.4, 0.5) is 11.6 Å². The molecule has 4 aromatic rings. The van der Waals surface area contributed by atoms with Gasteiger partial charge in [0.25, 0.3) is 5.78 Å². The molecule has 0 saturated carbocycles. The van der Waals surface area contributed by atoms with Crippen molar-refractivity contribution in [1.29, 1.82) is 0 Å². The highest BCUT2D eigenvalue weighted by Gasteiger charge is 2.31. The molecule has 5 heterocycles. The molecule has 0 aliphatic carbocycles. The van der Waals surface area contributed by atoms with Gasteiger partial charge in [0.1, 0.15) is 18.0 Å². The Labute approximate surface area is 230 Å². The summed E-state index contributed by atoms with van der Waals surface area (Å²) in [5.74, 6) is 4.50. The van der Waals surface area contributed by atoms with Gasteiger partial charge in [-0.25, -0.2) is 0 Å². The summed E-state index contributed by atoms with van der Waals surface area (Å²) in [6.07, 6.45) is 6.35. The average Bonchev–Trinajstić information content (AvgIpc) is 3.61. The molecule has 6 rings (SSSR count). The van der Waals surface area contributed by atoms with E-state index in [0.717, 1.165) is 68.6 Å². The number of H-pyrrole nitrogens is 1. The van der Waals surface area contributed by atoms with Crippen molar-refractivity contribution in [2.24, 2.45) is 11.8 Å². The summed E-state index contributed by atoms with van der Waals surface area (Å²) in [6.45, 7) is 6.98. The summed E-state index contributed by atoms with van der Waals surface area (Å²) in [7, 11) is 0. The Bertz CT molecular complexity index is 1370.